The second-order valence-electron chi connectivity index (χ2n) is 9.01. The Kier molecular flexibility index (Phi) is 6.05. The van der Waals surface area contributed by atoms with E-state index in [-0.39, 0.29) is 35.8 Å². The summed E-state index contributed by atoms with van der Waals surface area (Å²) in [5.74, 6) is -0.0547. The van der Waals surface area contributed by atoms with Gasteiger partial charge in [0.2, 0.25) is 5.91 Å². The average molecular weight is 489 g/mol. The number of fused-ring (bicyclic) bond motifs is 4. The van der Waals surface area contributed by atoms with Crippen molar-refractivity contribution in [3.63, 3.8) is 0 Å². The van der Waals surface area contributed by atoms with E-state index in [1.54, 1.807) is 12.1 Å². The van der Waals surface area contributed by atoms with Gasteiger partial charge in [-0.15, -0.1) is 12.4 Å². The largest absolute Gasteiger partial charge is 0.326 e. The Bertz CT molecular complexity index is 1500. The highest BCUT2D eigenvalue weighted by Gasteiger charge is 2.27. The Hall–Kier alpha value is -3.68. The number of aromatic amines is 1. The SMILES string of the molecule is Cl.O=C(CN1CCC(n2c(=O)[nH]c3ccccc32)CC1)Nc1ccc2c(c1)-c1ccccc1C2=O. The summed E-state index contributed by atoms with van der Waals surface area (Å²) >= 11 is 0. The van der Waals surface area contributed by atoms with Crippen LogP contribution in [0.2, 0.25) is 0 Å². The zero-order valence-corrected chi connectivity index (χ0v) is 19.8. The van der Waals surface area contributed by atoms with Gasteiger partial charge in [0.1, 0.15) is 0 Å². The number of ketones is 1. The molecule has 7 nitrogen and oxygen atoms in total. The quantitative estimate of drug-likeness (QED) is 0.396. The van der Waals surface area contributed by atoms with Crippen LogP contribution in [0.5, 0.6) is 0 Å². The van der Waals surface area contributed by atoms with Crippen molar-refractivity contribution in [3.8, 4) is 11.1 Å². The van der Waals surface area contributed by atoms with Crippen molar-refractivity contribution in [1.82, 2.24) is 14.5 Å². The van der Waals surface area contributed by atoms with Crippen LogP contribution >= 0.6 is 12.4 Å². The Labute approximate surface area is 208 Å². The Morgan fingerprint density at radius 3 is 2.37 bits per heavy atom. The van der Waals surface area contributed by atoms with Gasteiger partial charge < -0.3 is 10.3 Å². The van der Waals surface area contributed by atoms with E-state index in [2.05, 4.69) is 15.2 Å². The first kappa shape index (κ1) is 23.1. The number of anilines is 1. The lowest BCUT2D eigenvalue weighted by atomic mass is 10.0. The number of hydrogen-bond acceptors (Lipinski definition) is 4. The molecule has 6 rings (SSSR count). The molecule has 3 aromatic carbocycles. The first-order valence-electron chi connectivity index (χ1n) is 11.6. The van der Waals surface area contributed by atoms with Gasteiger partial charge in [-0.05, 0) is 54.3 Å². The lowest BCUT2D eigenvalue weighted by Crippen LogP contribution is -2.41. The lowest BCUT2D eigenvalue weighted by Gasteiger charge is -2.32. The van der Waals surface area contributed by atoms with E-state index >= 15 is 0 Å². The molecule has 1 aliphatic heterocycles. The summed E-state index contributed by atoms with van der Waals surface area (Å²) in [6.07, 6.45) is 1.62. The molecule has 0 bridgehead atoms. The molecule has 0 radical (unpaired) electrons. The number of H-pyrrole nitrogens is 1. The summed E-state index contributed by atoms with van der Waals surface area (Å²) < 4.78 is 1.86. The molecule has 2 N–H and O–H groups in total. The van der Waals surface area contributed by atoms with E-state index in [0.717, 1.165) is 48.1 Å². The first-order chi connectivity index (χ1) is 16.6. The van der Waals surface area contributed by atoms with Crippen molar-refractivity contribution in [2.24, 2.45) is 0 Å². The molecule has 1 aliphatic carbocycles. The van der Waals surface area contributed by atoms with Gasteiger partial charge in [0, 0.05) is 35.9 Å². The molecule has 1 aromatic heterocycles. The number of likely N-dealkylation sites (tertiary alicyclic amines) is 1. The summed E-state index contributed by atoms with van der Waals surface area (Å²) in [6.45, 7) is 1.79. The maximum Gasteiger partial charge on any atom is 0.326 e. The number of amides is 1. The minimum Gasteiger partial charge on any atom is -0.325 e. The lowest BCUT2D eigenvalue weighted by molar-refractivity contribution is -0.117. The van der Waals surface area contributed by atoms with Crippen LogP contribution in [0.3, 0.4) is 0 Å². The second kappa shape index (κ2) is 9.17. The molecule has 35 heavy (non-hydrogen) atoms. The van der Waals surface area contributed by atoms with E-state index in [1.165, 1.54) is 0 Å². The van der Waals surface area contributed by atoms with E-state index < -0.39 is 0 Å². The highest BCUT2D eigenvalue weighted by atomic mass is 35.5. The van der Waals surface area contributed by atoms with Crippen LogP contribution in [0, 0.1) is 0 Å². The van der Waals surface area contributed by atoms with Crippen molar-refractivity contribution in [3.05, 3.63) is 88.3 Å². The number of imidazole rings is 1. The van der Waals surface area contributed by atoms with Crippen molar-refractivity contribution < 1.29 is 9.59 Å². The number of aromatic nitrogens is 2. The molecular weight excluding hydrogens is 464 g/mol. The minimum atomic E-state index is -0.0831. The third-order valence-electron chi connectivity index (χ3n) is 6.92. The van der Waals surface area contributed by atoms with Crippen molar-refractivity contribution in [2.75, 3.05) is 25.0 Å². The Balaban J connectivity index is 0.00000253. The Morgan fingerprint density at radius 2 is 1.57 bits per heavy atom. The van der Waals surface area contributed by atoms with Crippen molar-refractivity contribution in [1.29, 1.82) is 0 Å². The fraction of sp³-hybridized carbons (Fsp3) is 0.222. The molecule has 1 amide bonds. The van der Waals surface area contributed by atoms with E-state index in [4.69, 9.17) is 0 Å². The van der Waals surface area contributed by atoms with Crippen molar-refractivity contribution in [2.45, 2.75) is 18.9 Å². The highest BCUT2D eigenvalue weighted by Crippen LogP contribution is 2.37. The Morgan fingerprint density at radius 1 is 0.886 bits per heavy atom. The van der Waals surface area contributed by atoms with Gasteiger partial charge in [-0.1, -0.05) is 36.4 Å². The fourth-order valence-corrected chi connectivity index (χ4v) is 5.28. The molecule has 8 heteroatoms. The summed E-state index contributed by atoms with van der Waals surface area (Å²) in [5, 5.41) is 2.98. The number of hydrogen-bond donors (Lipinski definition) is 2. The van der Waals surface area contributed by atoms with Crippen LogP contribution in [0.1, 0.15) is 34.8 Å². The molecule has 4 aromatic rings. The number of rotatable bonds is 4. The van der Waals surface area contributed by atoms with Gasteiger partial charge in [0.15, 0.2) is 5.78 Å². The molecule has 2 heterocycles. The average Bonchev–Trinajstić information content (AvgIpc) is 3.33. The summed E-state index contributed by atoms with van der Waals surface area (Å²) in [5.41, 5.74) is 5.56. The maximum atomic E-state index is 12.7. The number of piperidine rings is 1. The second-order valence-corrected chi connectivity index (χ2v) is 9.01. The van der Waals surface area contributed by atoms with Gasteiger partial charge in [-0.2, -0.15) is 0 Å². The van der Waals surface area contributed by atoms with Gasteiger partial charge >= 0.3 is 5.69 Å². The molecule has 178 valence electrons. The van der Waals surface area contributed by atoms with E-state index in [0.29, 0.717) is 23.4 Å². The molecule has 1 fully saturated rings. The number of benzene rings is 3. The van der Waals surface area contributed by atoms with Crippen LogP contribution in [0.25, 0.3) is 22.2 Å². The zero-order chi connectivity index (χ0) is 23.2. The maximum absolute atomic E-state index is 12.7. The summed E-state index contributed by atoms with van der Waals surface area (Å²) in [7, 11) is 0. The molecule has 0 saturated carbocycles. The van der Waals surface area contributed by atoms with Crippen LogP contribution < -0.4 is 11.0 Å². The van der Waals surface area contributed by atoms with Crippen LogP contribution in [0.15, 0.2) is 71.5 Å². The van der Waals surface area contributed by atoms with Gasteiger partial charge in [-0.25, -0.2) is 4.79 Å². The monoisotopic (exact) mass is 488 g/mol. The van der Waals surface area contributed by atoms with Crippen LogP contribution in [0.4, 0.5) is 5.69 Å². The number of para-hydroxylation sites is 2. The van der Waals surface area contributed by atoms with Gasteiger partial charge in [0.05, 0.1) is 17.6 Å². The molecule has 0 spiro atoms. The predicted molar refractivity (Wildman–Crippen MR) is 138 cm³/mol. The summed E-state index contributed by atoms with van der Waals surface area (Å²) in [4.78, 5) is 42.9. The van der Waals surface area contributed by atoms with Crippen molar-refractivity contribution >= 4 is 40.8 Å². The molecule has 0 atom stereocenters. The molecule has 0 unspecified atom stereocenters. The fourth-order valence-electron chi connectivity index (χ4n) is 5.28. The number of halogens is 1. The molecule has 2 aliphatic rings. The number of nitrogens with one attached hydrogen (secondary N) is 2. The standard InChI is InChI=1S/C27H24N4O3.ClH/c32-25(28-17-9-10-21-22(15-17)19-5-1-2-6-20(19)26(21)33)16-30-13-11-18(12-14-30)31-24-8-4-3-7-23(24)29-27(31)34;/h1-10,15,18H,11-14,16H2,(H,28,32)(H,29,34);1H. The van der Waals surface area contributed by atoms with Gasteiger partial charge in [0.25, 0.3) is 0 Å². The number of carbonyl (C=O) groups excluding carboxylic acids is 2. The zero-order valence-electron chi connectivity index (χ0n) is 19.0. The smallest absolute Gasteiger partial charge is 0.325 e. The minimum absolute atomic E-state index is 0. The number of carbonyl (C=O) groups is 2. The van der Waals surface area contributed by atoms with Gasteiger partial charge in [-0.3, -0.25) is 19.1 Å². The molecular formula is C27H25ClN4O3. The van der Waals surface area contributed by atoms with E-state index in [1.807, 2.05) is 59.2 Å². The topological polar surface area (TPSA) is 87.2 Å². The molecule has 1 saturated heterocycles. The third-order valence-corrected chi connectivity index (χ3v) is 6.92. The predicted octanol–water partition coefficient (Wildman–Crippen LogP) is 4.24. The summed E-state index contributed by atoms with van der Waals surface area (Å²) in [6, 6.07) is 20.9. The number of nitrogens with zero attached hydrogens (tertiary/aromatic N) is 2. The van der Waals surface area contributed by atoms with Crippen LogP contribution in [-0.4, -0.2) is 45.8 Å². The normalized spacial score (nSPS) is 15.5. The van der Waals surface area contributed by atoms with E-state index in [9.17, 15) is 14.4 Å². The highest BCUT2D eigenvalue weighted by molar-refractivity contribution is 6.22. The third kappa shape index (κ3) is 4.07. The first-order valence-corrected chi connectivity index (χ1v) is 11.6. The van der Waals surface area contributed by atoms with Crippen LogP contribution in [-0.2, 0) is 4.79 Å².